The van der Waals surface area contributed by atoms with Crippen LogP contribution in [0.15, 0.2) is 6.20 Å². The number of piperidine rings is 1. The molecular weight excluding hydrogens is 230 g/mol. The predicted molar refractivity (Wildman–Crippen MR) is 66.2 cm³/mol. The molecule has 0 aliphatic carbocycles. The summed E-state index contributed by atoms with van der Waals surface area (Å²) in [6.45, 7) is 5.71. The molecule has 1 amide bonds. The van der Waals surface area contributed by atoms with Crippen molar-refractivity contribution >= 4 is 5.91 Å². The monoisotopic (exact) mass is 249 g/mol. The average Bonchev–Trinajstić information content (AvgIpc) is 2.75. The van der Waals surface area contributed by atoms with Gasteiger partial charge in [0.25, 0.3) is 5.91 Å². The summed E-state index contributed by atoms with van der Waals surface area (Å²) in [4.78, 5) is 14.2. The number of nitrogens with zero attached hydrogens (tertiary/aromatic N) is 4. The van der Waals surface area contributed by atoms with E-state index >= 15 is 0 Å². The first-order chi connectivity index (χ1) is 8.74. The van der Waals surface area contributed by atoms with Crippen molar-refractivity contribution in [3.05, 3.63) is 11.9 Å². The van der Waals surface area contributed by atoms with Crippen molar-refractivity contribution in [2.24, 2.45) is 5.92 Å². The van der Waals surface area contributed by atoms with Crippen molar-refractivity contribution in [3.8, 4) is 0 Å². The number of amides is 1. The van der Waals surface area contributed by atoms with Crippen molar-refractivity contribution in [1.29, 1.82) is 0 Å². The van der Waals surface area contributed by atoms with Gasteiger partial charge in [0.2, 0.25) is 0 Å². The van der Waals surface area contributed by atoms with Crippen molar-refractivity contribution < 1.29 is 4.79 Å². The number of hydrogen-bond donors (Lipinski definition) is 1. The van der Waals surface area contributed by atoms with Crippen LogP contribution in [0.1, 0.15) is 36.3 Å². The number of aromatic nitrogens is 3. The number of carbonyl (C=O) groups is 1. The molecule has 0 aromatic carbocycles. The van der Waals surface area contributed by atoms with E-state index in [9.17, 15) is 4.79 Å². The maximum Gasteiger partial charge on any atom is 0.276 e. The van der Waals surface area contributed by atoms with E-state index in [1.807, 2.05) is 4.90 Å². The first-order valence-electron chi connectivity index (χ1n) is 6.66. The molecule has 2 fully saturated rings. The quantitative estimate of drug-likeness (QED) is 0.818. The van der Waals surface area contributed by atoms with Gasteiger partial charge in [0.15, 0.2) is 5.69 Å². The highest BCUT2D eigenvalue weighted by Crippen LogP contribution is 2.18. The van der Waals surface area contributed by atoms with E-state index in [0.717, 1.165) is 32.6 Å². The summed E-state index contributed by atoms with van der Waals surface area (Å²) < 4.78 is 1.80. The zero-order valence-corrected chi connectivity index (χ0v) is 10.7. The Morgan fingerprint density at radius 1 is 1.50 bits per heavy atom. The Bertz CT molecular complexity index is 439. The molecule has 6 nitrogen and oxygen atoms in total. The number of carbonyl (C=O) groups excluding carboxylic acids is 1. The zero-order chi connectivity index (χ0) is 12.5. The van der Waals surface area contributed by atoms with Gasteiger partial charge in [-0.05, 0) is 18.8 Å². The summed E-state index contributed by atoms with van der Waals surface area (Å²) in [6, 6.07) is 0.360. The van der Waals surface area contributed by atoms with E-state index in [-0.39, 0.29) is 5.91 Å². The molecular formula is C12H19N5O. The van der Waals surface area contributed by atoms with Gasteiger partial charge in [-0.2, -0.15) is 0 Å². The van der Waals surface area contributed by atoms with Gasteiger partial charge in [0.1, 0.15) is 0 Å². The highest BCUT2D eigenvalue weighted by atomic mass is 16.2. The van der Waals surface area contributed by atoms with E-state index in [1.165, 1.54) is 6.42 Å². The van der Waals surface area contributed by atoms with Gasteiger partial charge < -0.3 is 10.2 Å². The third kappa shape index (κ3) is 2.12. The molecule has 1 unspecified atom stereocenters. The number of hydrogen-bond acceptors (Lipinski definition) is 4. The molecule has 0 saturated carbocycles. The van der Waals surface area contributed by atoms with Gasteiger partial charge in [-0.15, -0.1) is 5.10 Å². The lowest BCUT2D eigenvalue weighted by Crippen LogP contribution is -2.43. The van der Waals surface area contributed by atoms with E-state index < -0.39 is 0 Å². The minimum atomic E-state index is 0.0279. The molecule has 0 spiro atoms. The molecule has 2 aliphatic rings. The van der Waals surface area contributed by atoms with Crippen LogP contribution in [0.3, 0.4) is 0 Å². The molecule has 1 N–H and O–H groups in total. The Morgan fingerprint density at radius 2 is 2.33 bits per heavy atom. The second-order valence-electron chi connectivity index (χ2n) is 5.39. The number of likely N-dealkylation sites (tertiary alicyclic amines) is 1. The van der Waals surface area contributed by atoms with E-state index in [4.69, 9.17) is 0 Å². The Balaban J connectivity index is 1.69. The third-order valence-corrected chi connectivity index (χ3v) is 3.81. The van der Waals surface area contributed by atoms with Crippen molar-refractivity contribution in [3.63, 3.8) is 0 Å². The van der Waals surface area contributed by atoms with Crippen LogP contribution >= 0.6 is 0 Å². The SMILES string of the molecule is CC1CCCN(C(=O)c2cn(C3CNC3)nn2)C1. The maximum absolute atomic E-state index is 12.3. The first kappa shape index (κ1) is 11.6. The number of rotatable bonds is 2. The Hall–Kier alpha value is -1.43. The van der Waals surface area contributed by atoms with E-state index in [2.05, 4.69) is 22.6 Å². The molecule has 3 rings (SSSR count). The van der Waals surface area contributed by atoms with Crippen LogP contribution in [-0.2, 0) is 0 Å². The van der Waals surface area contributed by atoms with Crippen LogP contribution in [0.2, 0.25) is 0 Å². The van der Waals surface area contributed by atoms with Crippen LogP contribution in [0.4, 0.5) is 0 Å². The van der Waals surface area contributed by atoms with Gasteiger partial charge in [0, 0.05) is 26.2 Å². The fraction of sp³-hybridized carbons (Fsp3) is 0.750. The molecule has 3 heterocycles. The van der Waals surface area contributed by atoms with E-state index in [0.29, 0.717) is 17.7 Å². The fourth-order valence-corrected chi connectivity index (χ4v) is 2.55. The van der Waals surface area contributed by atoms with Gasteiger partial charge in [-0.25, -0.2) is 4.68 Å². The summed E-state index contributed by atoms with van der Waals surface area (Å²) in [6.07, 6.45) is 4.09. The lowest BCUT2D eigenvalue weighted by Gasteiger charge is -2.30. The highest BCUT2D eigenvalue weighted by Gasteiger charge is 2.26. The molecule has 2 saturated heterocycles. The molecule has 18 heavy (non-hydrogen) atoms. The summed E-state index contributed by atoms with van der Waals surface area (Å²) >= 11 is 0. The van der Waals surface area contributed by atoms with Crippen molar-refractivity contribution in [2.75, 3.05) is 26.2 Å². The lowest BCUT2D eigenvalue weighted by molar-refractivity contribution is 0.0677. The van der Waals surface area contributed by atoms with Crippen LogP contribution in [-0.4, -0.2) is 52.0 Å². The zero-order valence-electron chi connectivity index (χ0n) is 10.7. The predicted octanol–water partition coefficient (Wildman–Crippen LogP) is 0.295. The van der Waals surface area contributed by atoms with Gasteiger partial charge >= 0.3 is 0 Å². The van der Waals surface area contributed by atoms with E-state index in [1.54, 1.807) is 10.9 Å². The molecule has 1 atom stereocenters. The van der Waals surface area contributed by atoms with Crippen LogP contribution in [0.25, 0.3) is 0 Å². The average molecular weight is 249 g/mol. The summed E-state index contributed by atoms with van der Waals surface area (Å²) in [5, 5.41) is 11.2. The minimum Gasteiger partial charge on any atom is -0.337 e. The summed E-state index contributed by atoms with van der Waals surface area (Å²) in [7, 11) is 0. The molecule has 0 radical (unpaired) electrons. The van der Waals surface area contributed by atoms with Gasteiger partial charge in [-0.1, -0.05) is 12.1 Å². The van der Waals surface area contributed by atoms with Crippen LogP contribution in [0.5, 0.6) is 0 Å². The molecule has 2 aliphatic heterocycles. The Kier molecular flexibility index (Phi) is 3.03. The molecule has 98 valence electrons. The Labute approximate surface area is 106 Å². The largest absolute Gasteiger partial charge is 0.337 e. The third-order valence-electron chi connectivity index (χ3n) is 3.81. The van der Waals surface area contributed by atoms with Crippen molar-refractivity contribution in [1.82, 2.24) is 25.2 Å². The standard InChI is InChI=1S/C12H19N5O/c1-9-3-2-4-16(7-9)12(18)11-8-17(15-14-11)10-5-13-6-10/h8-10,13H,2-7H2,1H3. The highest BCUT2D eigenvalue weighted by molar-refractivity contribution is 5.92. The van der Waals surface area contributed by atoms with Crippen LogP contribution < -0.4 is 5.32 Å². The number of nitrogens with one attached hydrogen (secondary N) is 1. The van der Waals surface area contributed by atoms with Crippen LogP contribution in [0, 0.1) is 5.92 Å². The second-order valence-corrected chi connectivity index (χ2v) is 5.39. The Morgan fingerprint density at radius 3 is 3.00 bits per heavy atom. The summed E-state index contributed by atoms with van der Waals surface area (Å²) in [5.74, 6) is 0.619. The van der Waals surface area contributed by atoms with Crippen molar-refractivity contribution in [2.45, 2.75) is 25.8 Å². The normalized spacial score (nSPS) is 24.9. The lowest BCUT2D eigenvalue weighted by atomic mass is 10.0. The molecule has 6 heteroatoms. The maximum atomic E-state index is 12.3. The summed E-state index contributed by atoms with van der Waals surface area (Å²) in [5.41, 5.74) is 0.482. The molecule has 0 bridgehead atoms. The first-order valence-corrected chi connectivity index (χ1v) is 6.66. The second kappa shape index (κ2) is 4.68. The molecule has 1 aromatic rings. The van der Waals surface area contributed by atoms with Gasteiger partial charge in [-0.3, -0.25) is 4.79 Å². The topological polar surface area (TPSA) is 63.1 Å². The fourth-order valence-electron chi connectivity index (χ4n) is 2.55. The molecule has 1 aromatic heterocycles. The van der Waals surface area contributed by atoms with Gasteiger partial charge in [0.05, 0.1) is 12.2 Å². The minimum absolute atomic E-state index is 0.0279. The smallest absolute Gasteiger partial charge is 0.276 e.